The third kappa shape index (κ3) is 3.79. The molecule has 7 nitrogen and oxygen atoms in total. The molecule has 9 heteroatoms. The fraction of sp³-hybridized carbons (Fsp3) is 0.150. The third-order valence-corrected chi connectivity index (χ3v) is 4.63. The second-order valence-electron chi connectivity index (χ2n) is 6.45. The maximum absolute atomic E-state index is 14.9. The number of halogens is 2. The fourth-order valence-corrected chi connectivity index (χ4v) is 3.14. The van der Waals surface area contributed by atoms with Gasteiger partial charge < -0.3 is 14.6 Å². The van der Waals surface area contributed by atoms with Gasteiger partial charge in [0, 0.05) is 30.3 Å². The van der Waals surface area contributed by atoms with E-state index in [4.69, 9.17) is 16.3 Å². The van der Waals surface area contributed by atoms with E-state index in [0.717, 1.165) is 16.9 Å². The molecule has 3 heterocycles. The predicted molar refractivity (Wildman–Crippen MR) is 111 cm³/mol. The van der Waals surface area contributed by atoms with Crippen molar-refractivity contribution in [1.82, 2.24) is 24.7 Å². The molecule has 0 amide bonds. The lowest BCUT2D eigenvalue weighted by molar-refractivity contribution is 0.414. The number of aromatic amines is 1. The molecule has 29 heavy (non-hydrogen) atoms. The van der Waals surface area contributed by atoms with Crippen LogP contribution in [-0.2, 0) is 7.05 Å². The third-order valence-electron chi connectivity index (χ3n) is 4.44. The Morgan fingerprint density at radius 1 is 1.21 bits per heavy atom. The number of anilines is 2. The summed E-state index contributed by atoms with van der Waals surface area (Å²) in [4.78, 5) is 8.28. The van der Waals surface area contributed by atoms with Crippen LogP contribution in [0.4, 0.5) is 16.0 Å². The molecule has 0 bridgehead atoms. The highest BCUT2D eigenvalue weighted by atomic mass is 35.5. The van der Waals surface area contributed by atoms with Crippen LogP contribution in [0.5, 0.6) is 11.8 Å². The van der Waals surface area contributed by atoms with Crippen molar-refractivity contribution in [1.29, 1.82) is 0 Å². The van der Waals surface area contributed by atoms with E-state index in [1.807, 2.05) is 43.7 Å². The van der Waals surface area contributed by atoms with Gasteiger partial charge in [-0.1, -0.05) is 17.7 Å². The molecular weight excluding hydrogens is 395 g/mol. The van der Waals surface area contributed by atoms with Crippen LogP contribution < -0.4 is 10.1 Å². The molecule has 4 aromatic rings. The van der Waals surface area contributed by atoms with Crippen LogP contribution in [0.15, 0.2) is 36.4 Å². The van der Waals surface area contributed by atoms with Crippen molar-refractivity contribution in [3.63, 3.8) is 0 Å². The van der Waals surface area contributed by atoms with Gasteiger partial charge in [-0.05, 0) is 38.1 Å². The molecule has 0 saturated carbocycles. The normalized spacial score (nSPS) is 11.5. The maximum atomic E-state index is 14.9. The van der Waals surface area contributed by atoms with Crippen LogP contribution in [0, 0.1) is 12.7 Å². The standard InChI is InChI=1S/C20H18ClFN6O/c1-4-5-12-9-18(27-26-12)24-17-10-16(21)23-20(25-17)29-15-7-6-14-13(19(15)22)8-11(2)28(14)3/h4-10H,1-3H3,(H2,23,24,25,26,27)/b5-4+. The quantitative estimate of drug-likeness (QED) is 0.431. The largest absolute Gasteiger partial charge is 0.421 e. The Kier molecular flexibility index (Phi) is 4.94. The SMILES string of the molecule is C/C=C/c1cc(Nc2cc(Cl)nc(Oc3ccc4c(cc(C)n4C)c3F)n2)n[nH]1. The van der Waals surface area contributed by atoms with Crippen molar-refractivity contribution >= 4 is 40.2 Å². The molecule has 4 rings (SSSR count). The highest BCUT2D eigenvalue weighted by molar-refractivity contribution is 6.29. The molecule has 3 aromatic heterocycles. The van der Waals surface area contributed by atoms with E-state index in [2.05, 4.69) is 25.5 Å². The van der Waals surface area contributed by atoms with Crippen molar-refractivity contribution in [3.05, 3.63) is 58.8 Å². The Labute approximate surface area is 171 Å². The van der Waals surface area contributed by atoms with Gasteiger partial charge in [-0.25, -0.2) is 4.39 Å². The number of rotatable bonds is 5. The number of allylic oxidation sites excluding steroid dienone is 1. The summed E-state index contributed by atoms with van der Waals surface area (Å²) in [5, 5.41) is 10.6. The first-order chi connectivity index (χ1) is 13.9. The average Bonchev–Trinajstić information content (AvgIpc) is 3.22. The van der Waals surface area contributed by atoms with E-state index < -0.39 is 5.82 Å². The number of aromatic nitrogens is 5. The van der Waals surface area contributed by atoms with E-state index in [-0.39, 0.29) is 16.9 Å². The predicted octanol–water partition coefficient (Wildman–Crippen LogP) is 5.36. The molecule has 1 aromatic carbocycles. The zero-order valence-electron chi connectivity index (χ0n) is 16.0. The molecular formula is C20H18ClFN6O. The number of aryl methyl sites for hydroxylation is 2. The summed E-state index contributed by atoms with van der Waals surface area (Å²) in [6.45, 7) is 3.82. The van der Waals surface area contributed by atoms with Gasteiger partial charge in [-0.3, -0.25) is 5.10 Å². The number of ether oxygens (including phenoxy) is 1. The minimum atomic E-state index is -0.479. The summed E-state index contributed by atoms with van der Waals surface area (Å²) in [6, 6.07) is 8.36. The van der Waals surface area contributed by atoms with E-state index in [0.29, 0.717) is 17.0 Å². The highest BCUT2D eigenvalue weighted by Crippen LogP contribution is 2.31. The van der Waals surface area contributed by atoms with Crippen LogP contribution in [0.2, 0.25) is 5.15 Å². The van der Waals surface area contributed by atoms with E-state index in [1.165, 1.54) is 6.07 Å². The van der Waals surface area contributed by atoms with Crippen molar-refractivity contribution < 1.29 is 9.13 Å². The van der Waals surface area contributed by atoms with Gasteiger partial charge in [0.25, 0.3) is 0 Å². The minimum absolute atomic E-state index is 0.0199. The Hall–Kier alpha value is -3.39. The molecule has 0 unspecified atom stereocenters. The van der Waals surface area contributed by atoms with Crippen molar-refractivity contribution in [2.75, 3.05) is 5.32 Å². The van der Waals surface area contributed by atoms with Gasteiger partial charge in [0.2, 0.25) is 0 Å². The summed E-state index contributed by atoms with van der Waals surface area (Å²) < 4.78 is 22.4. The second-order valence-corrected chi connectivity index (χ2v) is 6.84. The Bertz CT molecular complexity index is 1230. The Morgan fingerprint density at radius 3 is 2.83 bits per heavy atom. The lowest BCUT2D eigenvalue weighted by atomic mass is 10.2. The first kappa shape index (κ1) is 18.9. The van der Waals surface area contributed by atoms with Gasteiger partial charge in [0.15, 0.2) is 17.4 Å². The number of hydrogen-bond acceptors (Lipinski definition) is 5. The first-order valence-electron chi connectivity index (χ1n) is 8.86. The van der Waals surface area contributed by atoms with Gasteiger partial charge in [0.1, 0.15) is 11.0 Å². The van der Waals surface area contributed by atoms with Crippen molar-refractivity contribution in [2.24, 2.45) is 7.05 Å². The smallest absolute Gasteiger partial charge is 0.325 e. The molecule has 0 radical (unpaired) electrons. The first-order valence-corrected chi connectivity index (χ1v) is 9.24. The molecule has 0 aliphatic heterocycles. The number of fused-ring (bicyclic) bond motifs is 1. The Morgan fingerprint density at radius 2 is 2.03 bits per heavy atom. The van der Waals surface area contributed by atoms with Crippen LogP contribution >= 0.6 is 11.6 Å². The number of nitrogens with zero attached hydrogens (tertiary/aromatic N) is 4. The Balaban J connectivity index is 1.62. The van der Waals surface area contributed by atoms with Gasteiger partial charge in [-0.2, -0.15) is 15.1 Å². The monoisotopic (exact) mass is 412 g/mol. The van der Waals surface area contributed by atoms with E-state index in [9.17, 15) is 4.39 Å². The van der Waals surface area contributed by atoms with E-state index in [1.54, 1.807) is 18.2 Å². The molecule has 0 aliphatic carbocycles. The lowest BCUT2D eigenvalue weighted by Gasteiger charge is -2.08. The summed E-state index contributed by atoms with van der Waals surface area (Å²) in [6.07, 6.45) is 3.77. The van der Waals surface area contributed by atoms with Crippen molar-refractivity contribution in [2.45, 2.75) is 13.8 Å². The average molecular weight is 413 g/mol. The number of H-pyrrole nitrogens is 1. The lowest BCUT2D eigenvalue weighted by Crippen LogP contribution is -1.99. The summed E-state index contributed by atoms with van der Waals surface area (Å²) in [7, 11) is 1.88. The highest BCUT2D eigenvalue weighted by Gasteiger charge is 2.15. The number of nitrogens with one attached hydrogen (secondary N) is 2. The zero-order chi connectivity index (χ0) is 20.5. The van der Waals surface area contributed by atoms with Crippen molar-refractivity contribution in [3.8, 4) is 11.8 Å². The minimum Gasteiger partial charge on any atom is -0.421 e. The van der Waals surface area contributed by atoms with Crippen LogP contribution in [0.3, 0.4) is 0 Å². The molecule has 0 aliphatic rings. The van der Waals surface area contributed by atoms with Gasteiger partial charge in [0.05, 0.1) is 11.2 Å². The molecule has 148 valence electrons. The van der Waals surface area contributed by atoms with Crippen LogP contribution in [0.1, 0.15) is 18.3 Å². The maximum Gasteiger partial charge on any atom is 0.325 e. The molecule has 2 N–H and O–H groups in total. The van der Waals surface area contributed by atoms with Crippen LogP contribution in [0.25, 0.3) is 17.0 Å². The summed E-state index contributed by atoms with van der Waals surface area (Å²) in [5.41, 5.74) is 2.55. The number of hydrogen-bond donors (Lipinski definition) is 2. The van der Waals surface area contributed by atoms with Gasteiger partial charge >= 0.3 is 6.01 Å². The summed E-state index contributed by atoms with van der Waals surface area (Å²) in [5.74, 6) is 0.459. The number of benzene rings is 1. The second kappa shape index (κ2) is 7.56. The molecule has 0 atom stereocenters. The molecule has 0 fully saturated rings. The topological polar surface area (TPSA) is 80.7 Å². The summed E-state index contributed by atoms with van der Waals surface area (Å²) >= 11 is 6.09. The van der Waals surface area contributed by atoms with E-state index >= 15 is 0 Å². The zero-order valence-corrected chi connectivity index (χ0v) is 16.8. The van der Waals surface area contributed by atoms with Gasteiger partial charge in [-0.15, -0.1) is 0 Å². The molecule has 0 spiro atoms. The fourth-order valence-electron chi connectivity index (χ4n) is 2.97. The molecule has 0 saturated heterocycles. The van der Waals surface area contributed by atoms with Crippen LogP contribution in [-0.4, -0.2) is 24.7 Å².